The van der Waals surface area contributed by atoms with Gasteiger partial charge in [0.2, 0.25) is 5.95 Å². The third-order valence-electron chi connectivity index (χ3n) is 5.52. The highest BCUT2D eigenvalue weighted by molar-refractivity contribution is 5.83. The van der Waals surface area contributed by atoms with Crippen LogP contribution in [0.1, 0.15) is 5.56 Å². The second-order valence-corrected chi connectivity index (χ2v) is 7.76. The minimum atomic E-state index is -4.44. The highest BCUT2D eigenvalue weighted by Crippen LogP contribution is 2.31. The molecule has 2 aromatic carbocycles. The summed E-state index contributed by atoms with van der Waals surface area (Å²) >= 11 is 0. The molecule has 2 aromatic heterocycles. The summed E-state index contributed by atoms with van der Waals surface area (Å²) in [5.74, 6) is 1.16. The van der Waals surface area contributed by atoms with E-state index in [-0.39, 0.29) is 17.2 Å². The molecule has 7 nitrogen and oxygen atoms in total. The van der Waals surface area contributed by atoms with Crippen LogP contribution in [0.25, 0.3) is 27.8 Å². The molecular weight excluding hydrogens is 449 g/mol. The zero-order chi connectivity index (χ0) is 23.9. The molecule has 0 unspecified atom stereocenters. The first kappa shape index (κ1) is 21.7. The Labute approximate surface area is 191 Å². The van der Waals surface area contributed by atoms with E-state index < -0.39 is 12.7 Å². The summed E-state index contributed by atoms with van der Waals surface area (Å²) < 4.78 is 50.2. The number of ether oxygens (including phenoxy) is 2. The molecule has 1 N–H and O–H groups in total. The van der Waals surface area contributed by atoms with Gasteiger partial charge in [-0.05, 0) is 53.6 Å². The predicted molar refractivity (Wildman–Crippen MR) is 121 cm³/mol. The number of hydrogen-bond donors (Lipinski definition) is 1. The molecule has 3 heterocycles. The predicted octanol–water partition coefficient (Wildman–Crippen LogP) is 4.37. The molecule has 5 rings (SSSR count). The van der Waals surface area contributed by atoms with E-state index in [1.54, 1.807) is 30.3 Å². The third kappa shape index (κ3) is 4.14. The van der Waals surface area contributed by atoms with Crippen molar-refractivity contribution in [2.75, 3.05) is 25.6 Å². The molecule has 174 valence electrons. The van der Waals surface area contributed by atoms with Gasteiger partial charge in [0.05, 0.1) is 19.4 Å². The van der Waals surface area contributed by atoms with Gasteiger partial charge in [0.1, 0.15) is 18.0 Å². The Morgan fingerprint density at radius 1 is 1.15 bits per heavy atom. The molecule has 10 heteroatoms. The first-order valence-electron chi connectivity index (χ1n) is 10.5. The van der Waals surface area contributed by atoms with Crippen LogP contribution in [0.3, 0.4) is 0 Å². The van der Waals surface area contributed by atoms with Crippen molar-refractivity contribution in [3.8, 4) is 28.3 Å². The highest BCUT2D eigenvalue weighted by atomic mass is 19.4. The monoisotopic (exact) mass is 468 g/mol. The van der Waals surface area contributed by atoms with Crippen LogP contribution in [0.2, 0.25) is 0 Å². The average Bonchev–Trinajstić information content (AvgIpc) is 3.30. The summed E-state index contributed by atoms with van der Waals surface area (Å²) in [6, 6.07) is 14.0. The maximum Gasteiger partial charge on any atom is 0.405 e. The lowest BCUT2D eigenvalue weighted by atomic mass is 10.0. The van der Waals surface area contributed by atoms with Crippen molar-refractivity contribution < 1.29 is 22.6 Å². The molecule has 0 aliphatic carbocycles. The number of benzene rings is 2. The Morgan fingerprint density at radius 3 is 2.68 bits per heavy atom. The molecule has 0 spiro atoms. The Hall–Kier alpha value is -4.08. The van der Waals surface area contributed by atoms with Gasteiger partial charge in [-0.1, -0.05) is 6.07 Å². The maximum absolute atomic E-state index is 13.7. The number of anilines is 1. The van der Waals surface area contributed by atoms with Gasteiger partial charge in [0.15, 0.2) is 5.65 Å². The molecule has 0 radical (unpaired) electrons. The molecule has 34 heavy (non-hydrogen) atoms. The fraction of sp³-hybridized carbons (Fsp3) is 0.208. The molecule has 1 aliphatic rings. The van der Waals surface area contributed by atoms with Gasteiger partial charge in [-0.25, -0.2) is 4.98 Å². The van der Waals surface area contributed by atoms with Crippen molar-refractivity contribution in [1.82, 2.24) is 14.5 Å². The van der Waals surface area contributed by atoms with Gasteiger partial charge in [-0.2, -0.15) is 18.2 Å². The van der Waals surface area contributed by atoms with E-state index >= 15 is 0 Å². The van der Waals surface area contributed by atoms with Crippen LogP contribution in [0.15, 0.2) is 59.5 Å². The van der Waals surface area contributed by atoms with Crippen LogP contribution < -0.4 is 20.3 Å². The Kier molecular flexibility index (Phi) is 5.35. The van der Waals surface area contributed by atoms with Crippen molar-refractivity contribution in [3.05, 3.63) is 70.6 Å². The van der Waals surface area contributed by atoms with Gasteiger partial charge in [0.25, 0.3) is 5.56 Å². The minimum Gasteiger partial charge on any atom is -0.497 e. The van der Waals surface area contributed by atoms with Crippen LogP contribution >= 0.6 is 0 Å². The number of nitrogens with zero attached hydrogens (tertiary/aromatic N) is 3. The first-order chi connectivity index (χ1) is 16.3. The van der Waals surface area contributed by atoms with Gasteiger partial charge in [0, 0.05) is 23.6 Å². The van der Waals surface area contributed by atoms with E-state index in [4.69, 9.17) is 9.47 Å². The Bertz CT molecular complexity index is 1430. The summed E-state index contributed by atoms with van der Waals surface area (Å²) in [6.07, 6.45) is -2.28. The molecule has 0 atom stereocenters. The third-order valence-corrected chi connectivity index (χ3v) is 5.52. The first-order valence-corrected chi connectivity index (χ1v) is 10.5. The van der Waals surface area contributed by atoms with Crippen LogP contribution in [0, 0.1) is 0 Å². The van der Waals surface area contributed by atoms with E-state index in [1.165, 1.54) is 17.9 Å². The van der Waals surface area contributed by atoms with Crippen LogP contribution in [0.5, 0.6) is 11.5 Å². The number of halogens is 3. The summed E-state index contributed by atoms with van der Waals surface area (Å²) in [5.41, 5.74) is 2.44. The van der Waals surface area contributed by atoms with Crippen LogP contribution in [-0.4, -0.2) is 41.0 Å². The number of pyridine rings is 1. The molecule has 4 aromatic rings. The van der Waals surface area contributed by atoms with Crippen molar-refractivity contribution in [2.45, 2.75) is 12.6 Å². The van der Waals surface area contributed by atoms with Crippen LogP contribution in [-0.2, 0) is 6.42 Å². The lowest BCUT2D eigenvalue weighted by Gasteiger charge is -2.15. The second-order valence-electron chi connectivity index (χ2n) is 7.76. The standard InChI is InChI=1S/C24H19F3N4O3/c1-33-18-5-3-17(4-6-18)31-21-16(12-28-23(30-21)29-13-24(25,26)27)11-19(22(31)32)14-2-7-20-15(10-14)8-9-34-20/h2-7,10-12H,8-9,13H2,1H3,(H,28,29,30). The Morgan fingerprint density at radius 2 is 1.94 bits per heavy atom. The highest BCUT2D eigenvalue weighted by Gasteiger charge is 2.27. The smallest absolute Gasteiger partial charge is 0.405 e. The molecular formula is C24H19F3N4O3. The molecule has 0 saturated carbocycles. The van der Waals surface area contributed by atoms with E-state index in [1.807, 2.05) is 18.2 Å². The number of fused-ring (bicyclic) bond motifs is 2. The van der Waals surface area contributed by atoms with Gasteiger partial charge in [-0.15, -0.1) is 0 Å². The summed E-state index contributed by atoms with van der Waals surface area (Å²) in [6.45, 7) is -0.700. The number of aromatic nitrogens is 3. The zero-order valence-electron chi connectivity index (χ0n) is 18.0. The maximum atomic E-state index is 13.7. The lowest BCUT2D eigenvalue weighted by Crippen LogP contribution is -2.24. The fourth-order valence-electron chi connectivity index (χ4n) is 3.89. The summed E-state index contributed by atoms with van der Waals surface area (Å²) in [4.78, 5) is 22.0. The van der Waals surface area contributed by atoms with Crippen molar-refractivity contribution in [1.29, 1.82) is 0 Å². The van der Waals surface area contributed by atoms with Crippen molar-refractivity contribution in [3.63, 3.8) is 0 Å². The number of rotatable bonds is 5. The SMILES string of the molecule is COc1ccc(-n2c(=O)c(-c3ccc4c(c3)CCO4)cc3cnc(NCC(F)(F)F)nc32)cc1. The van der Waals surface area contributed by atoms with E-state index in [0.29, 0.717) is 34.6 Å². The van der Waals surface area contributed by atoms with E-state index in [9.17, 15) is 18.0 Å². The molecule has 0 amide bonds. The number of methoxy groups -OCH3 is 1. The van der Waals surface area contributed by atoms with Gasteiger partial charge < -0.3 is 14.8 Å². The average molecular weight is 468 g/mol. The Balaban J connectivity index is 1.70. The molecule has 1 aliphatic heterocycles. The quantitative estimate of drug-likeness (QED) is 0.469. The van der Waals surface area contributed by atoms with Crippen molar-refractivity contribution in [2.24, 2.45) is 0 Å². The fourth-order valence-corrected chi connectivity index (χ4v) is 3.89. The number of nitrogens with one attached hydrogen (secondary N) is 1. The molecule has 0 fully saturated rings. The van der Waals surface area contributed by atoms with E-state index in [2.05, 4.69) is 15.3 Å². The number of alkyl halides is 3. The lowest BCUT2D eigenvalue weighted by molar-refractivity contribution is -0.115. The van der Waals surface area contributed by atoms with Crippen molar-refractivity contribution >= 4 is 17.0 Å². The largest absolute Gasteiger partial charge is 0.497 e. The van der Waals surface area contributed by atoms with Crippen LogP contribution in [0.4, 0.5) is 19.1 Å². The second kappa shape index (κ2) is 8.36. The molecule has 0 bridgehead atoms. The number of hydrogen-bond acceptors (Lipinski definition) is 6. The normalized spacial score (nSPS) is 12.9. The molecule has 0 saturated heterocycles. The zero-order valence-corrected chi connectivity index (χ0v) is 18.0. The topological polar surface area (TPSA) is 78.3 Å². The van der Waals surface area contributed by atoms with Gasteiger partial charge in [-0.3, -0.25) is 9.36 Å². The summed E-state index contributed by atoms with van der Waals surface area (Å²) in [7, 11) is 1.53. The minimum absolute atomic E-state index is 0.183. The van der Waals surface area contributed by atoms with E-state index in [0.717, 1.165) is 17.7 Å². The van der Waals surface area contributed by atoms with Gasteiger partial charge >= 0.3 is 6.18 Å². The summed E-state index contributed by atoms with van der Waals surface area (Å²) in [5, 5.41) is 2.67.